The largest absolute Gasteiger partial charge is 0.486 e. The van der Waals surface area contributed by atoms with Gasteiger partial charge in [-0.15, -0.1) is 0 Å². The van der Waals surface area contributed by atoms with Gasteiger partial charge in [-0.25, -0.2) is 4.39 Å². The van der Waals surface area contributed by atoms with Crippen LogP contribution in [0.3, 0.4) is 0 Å². The summed E-state index contributed by atoms with van der Waals surface area (Å²) in [5, 5.41) is 0. The third-order valence-corrected chi connectivity index (χ3v) is 3.35. The van der Waals surface area contributed by atoms with Crippen molar-refractivity contribution in [3.05, 3.63) is 63.4 Å². The number of rotatable bonds is 3. The first-order valence-electron chi connectivity index (χ1n) is 5.70. The first kappa shape index (κ1) is 13.1. The molecule has 3 heteroatoms. The van der Waals surface area contributed by atoms with Crippen LogP contribution in [0.1, 0.15) is 16.7 Å². The molecule has 18 heavy (non-hydrogen) atoms. The highest BCUT2D eigenvalue weighted by Gasteiger charge is 2.04. The zero-order valence-electron chi connectivity index (χ0n) is 10.3. The lowest BCUT2D eigenvalue weighted by Crippen LogP contribution is -1.98. The summed E-state index contributed by atoms with van der Waals surface area (Å²) in [5.41, 5.74) is 3.50. The van der Waals surface area contributed by atoms with Crippen LogP contribution in [0, 0.1) is 19.7 Å². The molecule has 94 valence electrons. The van der Waals surface area contributed by atoms with Crippen molar-refractivity contribution in [2.24, 2.45) is 0 Å². The molecule has 0 spiro atoms. The van der Waals surface area contributed by atoms with Crippen molar-refractivity contribution in [1.82, 2.24) is 0 Å². The number of hydrogen-bond donors (Lipinski definition) is 0. The van der Waals surface area contributed by atoms with Crippen LogP contribution < -0.4 is 4.74 Å². The number of hydrogen-bond acceptors (Lipinski definition) is 1. The highest BCUT2D eigenvalue weighted by Crippen LogP contribution is 2.23. The Morgan fingerprint density at radius 1 is 1.06 bits per heavy atom. The van der Waals surface area contributed by atoms with Crippen LogP contribution in [0.5, 0.6) is 5.75 Å². The van der Waals surface area contributed by atoms with Crippen LogP contribution in [0.15, 0.2) is 40.9 Å². The van der Waals surface area contributed by atoms with Crippen LogP contribution in [-0.2, 0) is 6.61 Å². The van der Waals surface area contributed by atoms with Crippen molar-refractivity contribution in [2.75, 3.05) is 0 Å². The molecule has 0 atom stereocenters. The fraction of sp³-hybridized carbons (Fsp3) is 0.200. The molecule has 0 unspecified atom stereocenters. The SMILES string of the molecule is Cc1ccc(COc2cc(Br)ccc2F)cc1C. The molecule has 0 aliphatic heterocycles. The molecule has 2 aromatic rings. The van der Waals surface area contributed by atoms with Crippen molar-refractivity contribution in [1.29, 1.82) is 0 Å². The molecule has 0 amide bonds. The summed E-state index contributed by atoms with van der Waals surface area (Å²) in [5.74, 6) is -0.0790. The maximum absolute atomic E-state index is 13.5. The Kier molecular flexibility index (Phi) is 4.02. The van der Waals surface area contributed by atoms with E-state index in [1.165, 1.54) is 17.2 Å². The van der Waals surface area contributed by atoms with Crippen LogP contribution in [0.4, 0.5) is 4.39 Å². The lowest BCUT2D eigenvalue weighted by atomic mass is 10.1. The number of aryl methyl sites for hydroxylation is 2. The Hall–Kier alpha value is -1.35. The van der Waals surface area contributed by atoms with Gasteiger partial charge in [0.05, 0.1) is 0 Å². The van der Waals surface area contributed by atoms with Gasteiger partial charge in [0.2, 0.25) is 0 Å². The van der Waals surface area contributed by atoms with E-state index in [1.807, 2.05) is 12.1 Å². The predicted molar refractivity (Wildman–Crippen MR) is 74.3 cm³/mol. The van der Waals surface area contributed by atoms with E-state index in [-0.39, 0.29) is 11.6 Å². The van der Waals surface area contributed by atoms with E-state index in [2.05, 4.69) is 35.8 Å². The monoisotopic (exact) mass is 308 g/mol. The second kappa shape index (κ2) is 5.53. The number of ether oxygens (including phenoxy) is 1. The minimum atomic E-state index is -0.345. The van der Waals surface area contributed by atoms with E-state index in [0.29, 0.717) is 6.61 Å². The lowest BCUT2D eigenvalue weighted by molar-refractivity contribution is 0.290. The molecule has 2 rings (SSSR count). The Morgan fingerprint density at radius 2 is 1.83 bits per heavy atom. The van der Waals surface area contributed by atoms with E-state index < -0.39 is 0 Å². The molecule has 1 nitrogen and oxygen atoms in total. The van der Waals surface area contributed by atoms with Crippen molar-refractivity contribution >= 4 is 15.9 Å². The van der Waals surface area contributed by atoms with Crippen LogP contribution in [0.2, 0.25) is 0 Å². The van der Waals surface area contributed by atoms with E-state index in [1.54, 1.807) is 12.1 Å². The molecule has 0 bridgehead atoms. The summed E-state index contributed by atoms with van der Waals surface area (Å²) in [6, 6.07) is 10.8. The standard InChI is InChI=1S/C15H14BrFO/c1-10-3-4-12(7-11(10)2)9-18-15-8-13(16)5-6-14(15)17/h3-8H,9H2,1-2H3. The molecule has 0 aromatic heterocycles. The van der Waals surface area contributed by atoms with Gasteiger partial charge in [-0.05, 0) is 48.7 Å². The van der Waals surface area contributed by atoms with Gasteiger partial charge in [0.1, 0.15) is 6.61 Å². The first-order valence-corrected chi connectivity index (χ1v) is 6.49. The molecule has 0 aliphatic rings. The highest BCUT2D eigenvalue weighted by molar-refractivity contribution is 9.10. The Bertz CT molecular complexity index is 566. The van der Waals surface area contributed by atoms with Gasteiger partial charge < -0.3 is 4.74 Å². The molecular weight excluding hydrogens is 295 g/mol. The summed E-state index contributed by atoms with van der Waals surface area (Å²) < 4.78 is 19.8. The molecule has 0 N–H and O–H groups in total. The lowest BCUT2D eigenvalue weighted by Gasteiger charge is -2.09. The molecule has 0 aliphatic carbocycles. The smallest absolute Gasteiger partial charge is 0.165 e. The summed E-state index contributed by atoms with van der Waals surface area (Å²) in [6.07, 6.45) is 0. The van der Waals surface area contributed by atoms with Crippen LogP contribution in [0.25, 0.3) is 0 Å². The van der Waals surface area contributed by atoms with E-state index in [0.717, 1.165) is 10.0 Å². The Morgan fingerprint density at radius 3 is 2.56 bits per heavy atom. The summed E-state index contributed by atoms with van der Waals surface area (Å²) in [6.45, 7) is 4.49. The zero-order valence-corrected chi connectivity index (χ0v) is 11.9. The van der Waals surface area contributed by atoms with Crippen LogP contribution in [-0.4, -0.2) is 0 Å². The van der Waals surface area contributed by atoms with Crippen molar-refractivity contribution < 1.29 is 9.13 Å². The van der Waals surface area contributed by atoms with E-state index >= 15 is 0 Å². The fourth-order valence-electron chi connectivity index (χ4n) is 1.64. The topological polar surface area (TPSA) is 9.23 Å². The summed E-state index contributed by atoms with van der Waals surface area (Å²) in [7, 11) is 0. The van der Waals surface area contributed by atoms with Crippen LogP contribution >= 0.6 is 15.9 Å². The fourth-order valence-corrected chi connectivity index (χ4v) is 1.98. The Balaban J connectivity index is 2.11. The average Bonchev–Trinajstić information content (AvgIpc) is 2.34. The molecule has 0 saturated heterocycles. The molecule has 0 fully saturated rings. The van der Waals surface area contributed by atoms with Gasteiger partial charge in [0.25, 0.3) is 0 Å². The van der Waals surface area contributed by atoms with E-state index in [9.17, 15) is 4.39 Å². The maximum Gasteiger partial charge on any atom is 0.165 e. The molecular formula is C15H14BrFO. The summed E-state index contributed by atoms with van der Waals surface area (Å²) >= 11 is 3.30. The number of halogens is 2. The molecule has 0 radical (unpaired) electrons. The third-order valence-electron chi connectivity index (χ3n) is 2.86. The number of benzene rings is 2. The molecule has 0 saturated carbocycles. The van der Waals surface area contributed by atoms with Gasteiger partial charge in [0, 0.05) is 4.47 Å². The van der Waals surface area contributed by atoms with Crippen molar-refractivity contribution in [2.45, 2.75) is 20.5 Å². The van der Waals surface area contributed by atoms with Crippen molar-refractivity contribution in [3.8, 4) is 5.75 Å². The minimum absolute atomic E-state index is 0.266. The van der Waals surface area contributed by atoms with Gasteiger partial charge >= 0.3 is 0 Å². The first-order chi connectivity index (χ1) is 8.56. The quantitative estimate of drug-likeness (QED) is 0.792. The predicted octanol–water partition coefficient (Wildman–Crippen LogP) is 4.78. The third kappa shape index (κ3) is 3.10. The van der Waals surface area contributed by atoms with Gasteiger partial charge in [0.15, 0.2) is 11.6 Å². The van der Waals surface area contributed by atoms with Gasteiger partial charge in [-0.1, -0.05) is 34.1 Å². The molecule has 2 aromatic carbocycles. The Labute approximate surface area is 115 Å². The second-order valence-corrected chi connectivity index (χ2v) is 5.20. The van der Waals surface area contributed by atoms with Gasteiger partial charge in [-0.2, -0.15) is 0 Å². The van der Waals surface area contributed by atoms with E-state index in [4.69, 9.17) is 4.74 Å². The second-order valence-electron chi connectivity index (χ2n) is 4.28. The summed E-state index contributed by atoms with van der Waals surface area (Å²) in [4.78, 5) is 0. The normalized spacial score (nSPS) is 10.4. The van der Waals surface area contributed by atoms with Crippen molar-refractivity contribution in [3.63, 3.8) is 0 Å². The maximum atomic E-state index is 13.5. The minimum Gasteiger partial charge on any atom is -0.486 e. The average molecular weight is 309 g/mol. The molecule has 0 heterocycles. The zero-order chi connectivity index (χ0) is 13.1. The highest BCUT2D eigenvalue weighted by atomic mass is 79.9. The van der Waals surface area contributed by atoms with Gasteiger partial charge in [-0.3, -0.25) is 0 Å².